The van der Waals surface area contributed by atoms with Gasteiger partial charge < -0.3 is 0 Å². The summed E-state index contributed by atoms with van der Waals surface area (Å²) in [7, 11) is 0. The molecule has 1 rings (SSSR count). The maximum atomic E-state index is 12.5. The van der Waals surface area contributed by atoms with Crippen molar-refractivity contribution >= 4 is 33.2 Å². The van der Waals surface area contributed by atoms with Crippen molar-refractivity contribution < 1.29 is 13.7 Å². The molecule has 0 unspecified atom stereocenters. The predicted octanol–water partition coefficient (Wildman–Crippen LogP) is 3.48. The molecule has 0 aliphatic carbocycles. The lowest BCUT2D eigenvalue weighted by molar-refractivity contribution is -0.386. The maximum Gasteiger partial charge on any atom is 0.315 e. The molecule has 82 valence electrons. The minimum absolute atomic E-state index is 0.199. The number of nitro groups is 1. The molecule has 0 amide bonds. The van der Waals surface area contributed by atoms with Gasteiger partial charge in [-0.3, -0.25) is 10.1 Å². The average molecular weight is 301 g/mol. The number of aromatic nitrogens is 1. The Labute approximate surface area is 96.5 Å². The van der Waals surface area contributed by atoms with Crippen LogP contribution in [0.25, 0.3) is 0 Å². The van der Waals surface area contributed by atoms with E-state index < -0.39 is 27.8 Å². The van der Waals surface area contributed by atoms with E-state index in [9.17, 15) is 18.9 Å². The number of nitrogens with zero attached hydrogens (tertiary/aromatic N) is 2. The summed E-state index contributed by atoms with van der Waals surface area (Å²) in [6, 6.07) is 0.962. The monoisotopic (exact) mass is 300 g/mol. The van der Waals surface area contributed by atoms with E-state index in [1.54, 1.807) is 0 Å². The first-order valence-electron chi connectivity index (χ1n) is 3.65. The molecule has 0 saturated carbocycles. The standard InChI is InChI=1S/C7H4BrClF2N2O2/c8-2-3-1-4(7(10)11)5(13(14)15)6(9)12-3/h1,7H,2H2. The first-order valence-corrected chi connectivity index (χ1v) is 5.15. The molecule has 0 radical (unpaired) electrons. The van der Waals surface area contributed by atoms with Gasteiger partial charge in [-0.1, -0.05) is 27.5 Å². The van der Waals surface area contributed by atoms with E-state index >= 15 is 0 Å². The second-order valence-corrected chi connectivity index (χ2v) is 3.45. The van der Waals surface area contributed by atoms with Gasteiger partial charge in [0, 0.05) is 5.33 Å². The molecule has 1 aromatic rings. The van der Waals surface area contributed by atoms with E-state index in [-0.39, 0.29) is 11.0 Å². The zero-order valence-corrected chi connectivity index (χ0v) is 9.43. The van der Waals surface area contributed by atoms with Crippen molar-refractivity contribution in [2.24, 2.45) is 0 Å². The molecule has 4 nitrogen and oxygen atoms in total. The molecule has 0 saturated heterocycles. The van der Waals surface area contributed by atoms with Crippen molar-refractivity contribution in [3.63, 3.8) is 0 Å². The highest BCUT2D eigenvalue weighted by atomic mass is 79.9. The van der Waals surface area contributed by atoms with Gasteiger partial charge in [0.25, 0.3) is 6.43 Å². The number of halogens is 4. The summed E-state index contributed by atoms with van der Waals surface area (Å²) in [5.74, 6) is 0. The fraction of sp³-hybridized carbons (Fsp3) is 0.286. The SMILES string of the molecule is O=[N+]([O-])c1c(C(F)F)cc(CBr)nc1Cl. The highest BCUT2D eigenvalue weighted by molar-refractivity contribution is 9.08. The lowest BCUT2D eigenvalue weighted by atomic mass is 10.2. The van der Waals surface area contributed by atoms with Gasteiger partial charge in [0.05, 0.1) is 10.6 Å². The molecule has 0 fully saturated rings. The summed E-state index contributed by atoms with van der Waals surface area (Å²) in [6.07, 6.45) is -2.95. The number of hydrogen-bond acceptors (Lipinski definition) is 3. The molecule has 1 aromatic heterocycles. The van der Waals surface area contributed by atoms with E-state index in [4.69, 9.17) is 11.6 Å². The van der Waals surface area contributed by atoms with Crippen LogP contribution >= 0.6 is 27.5 Å². The van der Waals surface area contributed by atoms with Crippen LogP contribution in [0.5, 0.6) is 0 Å². The van der Waals surface area contributed by atoms with Gasteiger partial charge in [-0.25, -0.2) is 13.8 Å². The van der Waals surface area contributed by atoms with E-state index in [2.05, 4.69) is 20.9 Å². The fourth-order valence-corrected chi connectivity index (χ4v) is 1.57. The number of hydrogen-bond donors (Lipinski definition) is 0. The van der Waals surface area contributed by atoms with Gasteiger partial charge in [-0.2, -0.15) is 0 Å². The lowest BCUT2D eigenvalue weighted by Crippen LogP contribution is -2.01. The highest BCUT2D eigenvalue weighted by Crippen LogP contribution is 2.34. The smallest absolute Gasteiger partial charge is 0.258 e. The van der Waals surface area contributed by atoms with Gasteiger partial charge in [-0.15, -0.1) is 0 Å². The third-order valence-electron chi connectivity index (χ3n) is 1.59. The lowest BCUT2D eigenvalue weighted by Gasteiger charge is -2.04. The largest absolute Gasteiger partial charge is 0.315 e. The summed E-state index contributed by atoms with van der Waals surface area (Å²) < 4.78 is 25.0. The van der Waals surface area contributed by atoms with E-state index in [1.165, 1.54) is 0 Å². The van der Waals surface area contributed by atoms with E-state index in [0.717, 1.165) is 6.07 Å². The number of alkyl halides is 3. The van der Waals surface area contributed by atoms with Crippen molar-refractivity contribution in [2.75, 3.05) is 0 Å². The number of pyridine rings is 1. The highest BCUT2D eigenvalue weighted by Gasteiger charge is 2.27. The first-order chi connectivity index (χ1) is 6.97. The molecule has 0 aliphatic heterocycles. The van der Waals surface area contributed by atoms with Gasteiger partial charge in [0.1, 0.15) is 5.56 Å². The van der Waals surface area contributed by atoms with Crippen LogP contribution in [0.2, 0.25) is 5.15 Å². The second kappa shape index (κ2) is 4.80. The van der Waals surface area contributed by atoms with Crippen molar-refractivity contribution in [3.05, 3.63) is 32.6 Å². The molecule has 0 bridgehead atoms. The molecule has 0 aliphatic rings. The van der Waals surface area contributed by atoms with Crippen LogP contribution in [-0.4, -0.2) is 9.91 Å². The molecule has 0 aromatic carbocycles. The normalized spacial score (nSPS) is 10.7. The van der Waals surface area contributed by atoms with Crippen LogP contribution in [0.3, 0.4) is 0 Å². The molecule has 0 spiro atoms. The summed E-state index contributed by atoms with van der Waals surface area (Å²) in [5, 5.41) is 10.2. The van der Waals surface area contributed by atoms with Crippen LogP contribution in [0.15, 0.2) is 6.07 Å². The third kappa shape index (κ3) is 2.60. The van der Waals surface area contributed by atoms with Gasteiger partial charge >= 0.3 is 5.69 Å². The Bertz CT molecular complexity index is 403. The molecular formula is C7H4BrClF2N2O2. The second-order valence-electron chi connectivity index (χ2n) is 2.53. The third-order valence-corrected chi connectivity index (χ3v) is 2.43. The van der Waals surface area contributed by atoms with Gasteiger partial charge in [-0.05, 0) is 6.07 Å². The maximum absolute atomic E-state index is 12.5. The predicted molar refractivity (Wildman–Crippen MR) is 53.5 cm³/mol. The summed E-state index contributed by atoms with van der Waals surface area (Å²) in [6.45, 7) is 0. The summed E-state index contributed by atoms with van der Waals surface area (Å²) >= 11 is 8.45. The topological polar surface area (TPSA) is 56.0 Å². The van der Waals surface area contributed by atoms with Crippen LogP contribution in [0.4, 0.5) is 14.5 Å². The summed E-state index contributed by atoms with van der Waals surface area (Å²) in [4.78, 5) is 13.1. The van der Waals surface area contributed by atoms with Gasteiger partial charge in [0.15, 0.2) is 0 Å². The first kappa shape index (κ1) is 12.3. The van der Waals surface area contributed by atoms with Gasteiger partial charge in [0.2, 0.25) is 5.15 Å². The average Bonchev–Trinajstić information content (AvgIpc) is 2.15. The Morgan fingerprint density at radius 1 is 1.67 bits per heavy atom. The summed E-state index contributed by atoms with van der Waals surface area (Å²) in [5.41, 5.74) is -1.33. The zero-order valence-electron chi connectivity index (χ0n) is 7.08. The minimum Gasteiger partial charge on any atom is -0.258 e. The minimum atomic E-state index is -2.95. The Morgan fingerprint density at radius 2 is 2.27 bits per heavy atom. The molecule has 0 N–H and O–H groups in total. The molecule has 0 atom stereocenters. The van der Waals surface area contributed by atoms with Crippen LogP contribution in [0.1, 0.15) is 17.7 Å². The van der Waals surface area contributed by atoms with Crippen LogP contribution < -0.4 is 0 Å². The number of rotatable bonds is 3. The molecule has 15 heavy (non-hydrogen) atoms. The van der Waals surface area contributed by atoms with E-state index in [1.807, 2.05) is 0 Å². The quantitative estimate of drug-likeness (QED) is 0.372. The Kier molecular flexibility index (Phi) is 3.92. The molecule has 1 heterocycles. The zero-order chi connectivity index (χ0) is 11.6. The van der Waals surface area contributed by atoms with Crippen molar-refractivity contribution in [1.29, 1.82) is 0 Å². The van der Waals surface area contributed by atoms with Crippen molar-refractivity contribution in [2.45, 2.75) is 11.8 Å². The van der Waals surface area contributed by atoms with Crippen LogP contribution in [0, 0.1) is 10.1 Å². The van der Waals surface area contributed by atoms with Crippen molar-refractivity contribution in [3.8, 4) is 0 Å². The fourth-order valence-electron chi connectivity index (χ4n) is 0.994. The Morgan fingerprint density at radius 3 is 2.67 bits per heavy atom. The molecule has 8 heteroatoms. The van der Waals surface area contributed by atoms with E-state index in [0.29, 0.717) is 0 Å². The molecular weight excluding hydrogens is 297 g/mol. The Balaban J connectivity index is 3.42. The van der Waals surface area contributed by atoms with Crippen LogP contribution in [-0.2, 0) is 5.33 Å². The Hall–Kier alpha value is -0.820. The van der Waals surface area contributed by atoms with Crippen molar-refractivity contribution in [1.82, 2.24) is 4.98 Å².